The van der Waals surface area contributed by atoms with E-state index in [9.17, 15) is 0 Å². The van der Waals surface area contributed by atoms with Gasteiger partial charge in [-0.1, -0.05) is 45.7 Å². The highest BCUT2D eigenvalue weighted by atomic mass is 79.9. The highest BCUT2D eigenvalue weighted by Crippen LogP contribution is 2.31. The molecule has 2 aromatic carbocycles. The molecular formula is C14H12BrCl. The number of hydrogen-bond donors (Lipinski definition) is 0. The number of rotatable bonds is 1. The third-order valence-electron chi connectivity index (χ3n) is 2.63. The summed E-state index contributed by atoms with van der Waals surface area (Å²) in [7, 11) is 0. The van der Waals surface area contributed by atoms with Gasteiger partial charge in [-0.05, 0) is 54.3 Å². The van der Waals surface area contributed by atoms with Crippen molar-refractivity contribution in [3.63, 3.8) is 0 Å². The number of halogens is 2. The van der Waals surface area contributed by atoms with Gasteiger partial charge >= 0.3 is 0 Å². The lowest BCUT2D eigenvalue weighted by Crippen LogP contribution is -1.87. The van der Waals surface area contributed by atoms with Crippen molar-refractivity contribution in [1.82, 2.24) is 0 Å². The molecule has 2 rings (SSSR count). The summed E-state index contributed by atoms with van der Waals surface area (Å²) >= 11 is 9.55. The van der Waals surface area contributed by atoms with E-state index < -0.39 is 0 Å². The van der Waals surface area contributed by atoms with Gasteiger partial charge in [-0.25, -0.2) is 0 Å². The van der Waals surface area contributed by atoms with Gasteiger partial charge in [0.2, 0.25) is 0 Å². The van der Waals surface area contributed by atoms with Crippen LogP contribution < -0.4 is 0 Å². The van der Waals surface area contributed by atoms with Crippen LogP contribution in [0.3, 0.4) is 0 Å². The van der Waals surface area contributed by atoms with Gasteiger partial charge in [0.1, 0.15) is 0 Å². The summed E-state index contributed by atoms with van der Waals surface area (Å²) in [6, 6.07) is 12.3. The zero-order chi connectivity index (χ0) is 11.7. The van der Waals surface area contributed by atoms with E-state index in [-0.39, 0.29) is 0 Å². The highest BCUT2D eigenvalue weighted by molar-refractivity contribution is 9.10. The van der Waals surface area contributed by atoms with Crippen LogP contribution in [0.4, 0.5) is 0 Å². The molecule has 0 aromatic heterocycles. The molecule has 0 fully saturated rings. The van der Waals surface area contributed by atoms with Crippen LogP contribution in [0.25, 0.3) is 11.1 Å². The van der Waals surface area contributed by atoms with Gasteiger partial charge in [-0.15, -0.1) is 0 Å². The fourth-order valence-electron chi connectivity index (χ4n) is 1.97. The van der Waals surface area contributed by atoms with E-state index in [0.717, 1.165) is 15.1 Å². The Morgan fingerprint density at radius 1 is 1.00 bits per heavy atom. The van der Waals surface area contributed by atoms with Gasteiger partial charge in [-0.3, -0.25) is 0 Å². The summed E-state index contributed by atoms with van der Waals surface area (Å²) in [5.74, 6) is 0. The second kappa shape index (κ2) is 4.60. The quantitative estimate of drug-likeness (QED) is 0.662. The van der Waals surface area contributed by atoms with E-state index in [1.54, 1.807) is 0 Å². The van der Waals surface area contributed by atoms with Crippen molar-refractivity contribution in [2.24, 2.45) is 0 Å². The Morgan fingerprint density at radius 3 is 2.19 bits per heavy atom. The maximum Gasteiger partial charge on any atom is 0.0423 e. The summed E-state index contributed by atoms with van der Waals surface area (Å²) < 4.78 is 1.01. The first-order valence-electron chi connectivity index (χ1n) is 5.10. The number of benzene rings is 2. The number of aryl methyl sites for hydroxylation is 2. The molecule has 2 heteroatoms. The standard InChI is InChI=1S/C14H12BrCl/c1-9-4-3-5-10(2)14(9)11-6-12(15)8-13(16)7-11/h3-8H,1-2H3. The minimum absolute atomic E-state index is 0.757. The summed E-state index contributed by atoms with van der Waals surface area (Å²) in [5.41, 5.74) is 4.98. The van der Waals surface area contributed by atoms with Crippen molar-refractivity contribution >= 4 is 27.5 Å². The average molecular weight is 296 g/mol. The van der Waals surface area contributed by atoms with Gasteiger partial charge in [0, 0.05) is 9.50 Å². The Kier molecular flexibility index (Phi) is 3.36. The molecule has 16 heavy (non-hydrogen) atoms. The van der Waals surface area contributed by atoms with Gasteiger partial charge < -0.3 is 0 Å². The van der Waals surface area contributed by atoms with E-state index in [0.29, 0.717) is 0 Å². The second-order valence-electron chi connectivity index (χ2n) is 3.92. The largest absolute Gasteiger partial charge is 0.0843 e. The Hall–Kier alpha value is -0.790. The first kappa shape index (κ1) is 11.7. The zero-order valence-electron chi connectivity index (χ0n) is 9.22. The topological polar surface area (TPSA) is 0 Å². The van der Waals surface area contributed by atoms with Crippen molar-refractivity contribution in [2.75, 3.05) is 0 Å². The molecule has 0 heterocycles. The molecule has 2 aromatic rings. The van der Waals surface area contributed by atoms with Crippen LogP contribution in [0, 0.1) is 13.8 Å². The first-order valence-corrected chi connectivity index (χ1v) is 6.27. The normalized spacial score (nSPS) is 10.5. The number of hydrogen-bond acceptors (Lipinski definition) is 0. The smallest absolute Gasteiger partial charge is 0.0423 e. The summed E-state index contributed by atoms with van der Waals surface area (Å²) in [5, 5.41) is 0.757. The lowest BCUT2D eigenvalue weighted by molar-refractivity contribution is 1.38. The van der Waals surface area contributed by atoms with Crippen molar-refractivity contribution in [3.8, 4) is 11.1 Å². The maximum atomic E-state index is 6.07. The minimum atomic E-state index is 0.757. The van der Waals surface area contributed by atoms with Crippen LogP contribution in [0.1, 0.15) is 11.1 Å². The Bertz CT molecular complexity index is 492. The monoisotopic (exact) mass is 294 g/mol. The van der Waals surface area contributed by atoms with Crippen LogP contribution >= 0.6 is 27.5 Å². The van der Waals surface area contributed by atoms with Crippen molar-refractivity contribution in [2.45, 2.75) is 13.8 Å². The molecule has 0 aliphatic rings. The predicted octanol–water partition coefficient (Wildman–Crippen LogP) is 5.39. The lowest BCUT2D eigenvalue weighted by atomic mass is 9.96. The molecule has 0 spiro atoms. The molecule has 0 N–H and O–H groups in total. The van der Waals surface area contributed by atoms with Crippen molar-refractivity contribution in [1.29, 1.82) is 0 Å². The van der Waals surface area contributed by atoms with E-state index in [1.165, 1.54) is 16.7 Å². The van der Waals surface area contributed by atoms with Crippen LogP contribution in [-0.4, -0.2) is 0 Å². The van der Waals surface area contributed by atoms with Crippen LogP contribution in [0.5, 0.6) is 0 Å². The Labute approximate surface area is 109 Å². The molecule has 0 radical (unpaired) electrons. The molecule has 0 aliphatic heterocycles. The average Bonchev–Trinajstić information content (AvgIpc) is 2.15. The van der Waals surface area contributed by atoms with Gasteiger partial charge in [0.25, 0.3) is 0 Å². The highest BCUT2D eigenvalue weighted by Gasteiger charge is 2.06. The molecular weight excluding hydrogens is 284 g/mol. The summed E-state index contributed by atoms with van der Waals surface area (Å²) in [6.45, 7) is 4.24. The van der Waals surface area contributed by atoms with Gasteiger partial charge in [0.15, 0.2) is 0 Å². The van der Waals surface area contributed by atoms with Crippen molar-refractivity contribution in [3.05, 3.63) is 57.0 Å². The molecule has 0 aliphatic carbocycles. The molecule has 0 nitrogen and oxygen atoms in total. The fourth-order valence-corrected chi connectivity index (χ4v) is 2.83. The van der Waals surface area contributed by atoms with Gasteiger partial charge in [0.05, 0.1) is 0 Å². The third-order valence-corrected chi connectivity index (χ3v) is 3.31. The first-order chi connectivity index (χ1) is 7.58. The van der Waals surface area contributed by atoms with Crippen LogP contribution in [0.2, 0.25) is 5.02 Å². The third kappa shape index (κ3) is 2.31. The van der Waals surface area contributed by atoms with Gasteiger partial charge in [-0.2, -0.15) is 0 Å². The van der Waals surface area contributed by atoms with E-state index >= 15 is 0 Å². The SMILES string of the molecule is Cc1cccc(C)c1-c1cc(Cl)cc(Br)c1. The molecule has 0 saturated heterocycles. The maximum absolute atomic E-state index is 6.07. The predicted molar refractivity (Wildman–Crippen MR) is 74.1 cm³/mol. The Morgan fingerprint density at radius 2 is 1.62 bits per heavy atom. The second-order valence-corrected chi connectivity index (χ2v) is 5.28. The molecule has 82 valence electrons. The van der Waals surface area contributed by atoms with Crippen molar-refractivity contribution < 1.29 is 0 Å². The van der Waals surface area contributed by atoms with Crippen LogP contribution in [-0.2, 0) is 0 Å². The lowest BCUT2D eigenvalue weighted by Gasteiger charge is -2.10. The molecule has 0 saturated carbocycles. The molecule has 0 bridgehead atoms. The summed E-state index contributed by atoms with van der Waals surface area (Å²) in [4.78, 5) is 0. The summed E-state index contributed by atoms with van der Waals surface area (Å²) in [6.07, 6.45) is 0. The van der Waals surface area contributed by atoms with E-state index in [4.69, 9.17) is 11.6 Å². The van der Waals surface area contributed by atoms with Crippen LogP contribution in [0.15, 0.2) is 40.9 Å². The van der Waals surface area contributed by atoms with E-state index in [1.807, 2.05) is 12.1 Å². The minimum Gasteiger partial charge on any atom is -0.0843 e. The fraction of sp³-hybridized carbons (Fsp3) is 0.143. The Balaban J connectivity index is 2.67. The van der Waals surface area contributed by atoms with E-state index in [2.05, 4.69) is 54.0 Å². The molecule has 0 unspecified atom stereocenters. The molecule has 0 amide bonds. The zero-order valence-corrected chi connectivity index (χ0v) is 11.6. The molecule has 0 atom stereocenters.